The normalized spacial score (nSPS) is 12.9. The highest BCUT2D eigenvalue weighted by atomic mass is 16.5. The Kier molecular flexibility index (Phi) is 41.7. The maximum atomic E-state index is 12.4. The molecule has 0 fully saturated rings. The molecule has 53 heavy (non-hydrogen) atoms. The molecule has 0 bridgehead atoms. The van der Waals surface area contributed by atoms with E-state index in [4.69, 9.17) is 4.74 Å². The first-order chi connectivity index (χ1) is 26.0. The number of unbranched alkanes of at least 4 members (excludes halogenated alkanes) is 27. The van der Waals surface area contributed by atoms with Gasteiger partial charge in [-0.2, -0.15) is 0 Å². The number of nitrogens with one attached hydrogen (secondary N) is 1. The number of hydrogen-bond donors (Lipinski definition) is 3. The molecule has 0 aliphatic heterocycles. The van der Waals surface area contributed by atoms with Gasteiger partial charge in [-0.3, -0.25) is 9.59 Å². The molecule has 0 heterocycles. The molecule has 0 aromatic heterocycles. The van der Waals surface area contributed by atoms with Crippen molar-refractivity contribution < 1.29 is 24.5 Å². The van der Waals surface area contributed by atoms with Crippen molar-refractivity contribution in [1.29, 1.82) is 0 Å². The van der Waals surface area contributed by atoms with Gasteiger partial charge in [0.05, 0.1) is 25.4 Å². The van der Waals surface area contributed by atoms with Gasteiger partial charge in [0.1, 0.15) is 0 Å². The quantitative estimate of drug-likeness (QED) is 0.0328. The number of rotatable bonds is 42. The molecule has 0 spiro atoms. The molecule has 2 atom stereocenters. The summed E-state index contributed by atoms with van der Waals surface area (Å²) in [7, 11) is 0. The number of allylic oxidation sites excluding steroid dienone is 4. The highest BCUT2D eigenvalue weighted by molar-refractivity contribution is 5.76. The van der Waals surface area contributed by atoms with Crippen LogP contribution in [0.3, 0.4) is 0 Å². The number of ether oxygens (including phenoxy) is 1. The first-order valence-corrected chi connectivity index (χ1v) is 23.1. The Hall–Kier alpha value is -1.66. The highest BCUT2D eigenvalue weighted by Gasteiger charge is 2.19. The molecule has 0 saturated heterocycles. The molecule has 0 aliphatic rings. The lowest BCUT2D eigenvalue weighted by Gasteiger charge is -2.22. The second-order valence-corrected chi connectivity index (χ2v) is 15.7. The number of hydrogen-bond acceptors (Lipinski definition) is 5. The van der Waals surface area contributed by atoms with Crippen LogP contribution in [0.25, 0.3) is 0 Å². The van der Waals surface area contributed by atoms with Crippen LogP contribution in [0, 0.1) is 0 Å². The fourth-order valence-electron chi connectivity index (χ4n) is 6.87. The number of amides is 1. The second-order valence-electron chi connectivity index (χ2n) is 15.7. The summed E-state index contributed by atoms with van der Waals surface area (Å²) in [6, 6.07) is -0.578. The SMILES string of the molecule is CCCCCC/C=C\CCCCCCCC(=O)OCCCCCC/C=C\CCCC(=O)NC(CO)C(O)CCCCCCCCCCCCCCCC. The maximum Gasteiger partial charge on any atom is 0.305 e. The van der Waals surface area contributed by atoms with Gasteiger partial charge in [-0.25, -0.2) is 0 Å². The van der Waals surface area contributed by atoms with Crippen molar-refractivity contribution in [2.45, 2.75) is 251 Å². The monoisotopic (exact) mass is 748 g/mol. The van der Waals surface area contributed by atoms with Crippen molar-refractivity contribution in [2.24, 2.45) is 0 Å². The summed E-state index contributed by atoms with van der Waals surface area (Å²) in [5, 5.41) is 23.1. The van der Waals surface area contributed by atoms with Gasteiger partial charge in [-0.15, -0.1) is 0 Å². The van der Waals surface area contributed by atoms with Crippen molar-refractivity contribution in [2.75, 3.05) is 13.2 Å². The lowest BCUT2D eigenvalue weighted by molar-refractivity contribution is -0.143. The zero-order valence-electron chi connectivity index (χ0n) is 35.2. The third-order valence-electron chi connectivity index (χ3n) is 10.5. The van der Waals surface area contributed by atoms with Crippen LogP contribution in [-0.4, -0.2) is 47.4 Å². The molecule has 0 aromatic carbocycles. The van der Waals surface area contributed by atoms with E-state index in [0.29, 0.717) is 25.9 Å². The molecule has 0 aliphatic carbocycles. The van der Waals surface area contributed by atoms with Crippen LogP contribution in [-0.2, 0) is 14.3 Å². The van der Waals surface area contributed by atoms with E-state index in [9.17, 15) is 19.8 Å². The van der Waals surface area contributed by atoms with Gasteiger partial charge in [0.25, 0.3) is 0 Å². The number of carbonyl (C=O) groups is 2. The molecule has 0 aromatic rings. The lowest BCUT2D eigenvalue weighted by Crippen LogP contribution is -2.45. The molecular formula is C47H89NO5. The summed E-state index contributed by atoms with van der Waals surface area (Å²) in [6.07, 6.45) is 48.5. The minimum absolute atomic E-state index is 0.0455. The fraction of sp³-hybridized carbons (Fsp3) is 0.872. The van der Waals surface area contributed by atoms with Crippen LogP contribution in [0.15, 0.2) is 24.3 Å². The van der Waals surface area contributed by atoms with Gasteiger partial charge < -0.3 is 20.3 Å². The van der Waals surface area contributed by atoms with Gasteiger partial charge in [-0.1, -0.05) is 179 Å². The largest absolute Gasteiger partial charge is 0.466 e. The molecule has 312 valence electrons. The van der Waals surface area contributed by atoms with Crippen molar-refractivity contribution in [3.63, 3.8) is 0 Å². The average Bonchev–Trinajstić information content (AvgIpc) is 3.16. The van der Waals surface area contributed by atoms with Gasteiger partial charge in [0.15, 0.2) is 0 Å². The standard InChI is InChI=1S/C47H89NO5/c1-3-5-7-9-11-13-15-17-19-20-23-27-31-35-39-45(50)44(43-49)48-46(51)40-36-32-28-24-22-26-30-34-38-42-53-47(52)41-37-33-29-25-21-18-16-14-12-10-8-6-4-2/h14,16,24,28,44-45,49-50H,3-13,15,17-23,25-27,29-43H2,1-2H3,(H,48,51)/b16-14-,28-24-. The van der Waals surface area contributed by atoms with Crippen LogP contribution in [0.2, 0.25) is 0 Å². The predicted octanol–water partition coefficient (Wildman–Crippen LogP) is 13.2. The summed E-state index contributed by atoms with van der Waals surface area (Å²) in [5.74, 6) is -0.142. The Morgan fingerprint density at radius 2 is 0.906 bits per heavy atom. The van der Waals surface area contributed by atoms with Gasteiger partial charge >= 0.3 is 5.97 Å². The van der Waals surface area contributed by atoms with E-state index in [1.807, 2.05) is 0 Å². The Morgan fingerprint density at radius 1 is 0.509 bits per heavy atom. The number of aliphatic hydroxyl groups is 2. The van der Waals surface area contributed by atoms with Crippen LogP contribution >= 0.6 is 0 Å². The Bertz CT molecular complexity index is 828. The minimum atomic E-state index is -0.694. The van der Waals surface area contributed by atoms with Gasteiger partial charge in [0, 0.05) is 12.8 Å². The predicted molar refractivity (Wildman–Crippen MR) is 227 cm³/mol. The average molecular weight is 748 g/mol. The van der Waals surface area contributed by atoms with Gasteiger partial charge in [0.2, 0.25) is 5.91 Å². The summed E-state index contributed by atoms with van der Waals surface area (Å²) in [4.78, 5) is 24.4. The molecule has 0 saturated carbocycles. The van der Waals surface area contributed by atoms with Crippen LogP contribution in [0.1, 0.15) is 239 Å². The van der Waals surface area contributed by atoms with Crippen LogP contribution in [0.5, 0.6) is 0 Å². The smallest absolute Gasteiger partial charge is 0.305 e. The molecule has 0 radical (unpaired) electrons. The van der Waals surface area contributed by atoms with Crippen LogP contribution < -0.4 is 5.32 Å². The molecule has 6 heteroatoms. The Morgan fingerprint density at radius 3 is 1.40 bits per heavy atom. The Labute approximate surface area is 329 Å². The third-order valence-corrected chi connectivity index (χ3v) is 10.5. The van der Waals surface area contributed by atoms with Crippen molar-refractivity contribution in [3.05, 3.63) is 24.3 Å². The van der Waals surface area contributed by atoms with E-state index in [1.165, 1.54) is 135 Å². The fourth-order valence-corrected chi connectivity index (χ4v) is 6.87. The number of esters is 1. The van der Waals surface area contributed by atoms with E-state index in [0.717, 1.165) is 70.6 Å². The van der Waals surface area contributed by atoms with Crippen molar-refractivity contribution in [3.8, 4) is 0 Å². The summed E-state index contributed by atoms with van der Waals surface area (Å²) < 4.78 is 5.42. The van der Waals surface area contributed by atoms with Crippen molar-refractivity contribution in [1.82, 2.24) is 5.32 Å². The highest BCUT2D eigenvalue weighted by Crippen LogP contribution is 2.15. The van der Waals surface area contributed by atoms with Crippen LogP contribution in [0.4, 0.5) is 0 Å². The molecule has 1 amide bonds. The van der Waals surface area contributed by atoms with E-state index < -0.39 is 12.1 Å². The molecule has 6 nitrogen and oxygen atoms in total. The number of carbonyl (C=O) groups excluding carboxylic acids is 2. The zero-order chi connectivity index (χ0) is 38.7. The van der Waals surface area contributed by atoms with E-state index in [-0.39, 0.29) is 18.5 Å². The minimum Gasteiger partial charge on any atom is -0.466 e. The zero-order valence-corrected chi connectivity index (χ0v) is 35.2. The maximum absolute atomic E-state index is 12.4. The first-order valence-electron chi connectivity index (χ1n) is 23.1. The van der Waals surface area contributed by atoms with E-state index >= 15 is 0 Å². The third kappa shape index (κ3) is 39.8. The number of aliphatic hydroxyl groups excluding tert-OH is 2. The summed E-state index contributed by atoms with van der Waals surface area (Å²) in [6.45, 7) is 4.83. The summed E-state index contributed by atoms with van der Waals surface area (Å²) in [5.41, 5.74) is 0. The molecule has 3 N–H and O–H groups in total. The lowest BCUT2D eigenvalue weighted by atomic mass is 10.0. The molecule has 2 unspecified atom stereocenters. The topological polar surface area (TPSA) is 95.9 Å². The first kappa shape index (κ1) is 51.3. The summed E-state index contributed by atoms with van der Waals surface area (Å²) >= 11 is 0. The molecular weight excluding hydrogens is 659 g/mol. The van der Waals surface area contributed by atoms with Gasteiger partial charge in [-0.05, 0) is 70.6 Å². The molecule has 0 rings (SSSR count). The second kappa shape index (κ2) is 43.1. The van der Waals surface area contributed by atoms with Crippen molar-refractivity contribution >= 4 is 11.9 Å². The van der Waals surface area contributed by atoms with E-state index in [2.05, 4.69) is 43.5 Å². The van der Waals surface area contributed by atoms with E-state index in [1.54, 1.807) is 0 Å². The Balaban J connectivity index is 3.57.